The van der Waals surface area contributed by atoms with E-state index in [0.29, 0.717) is 31.3 Å². The first kappa shape index (κ1) is 16.0. The Labute approximate surface area is 138 Å². The smallest absolute Gasteiger partial charge is 0.338 e. The van der Waals surface area contributed by atoms with Gasteiger partial charge in [-0.15, -0.1) is 0 Å². The van der Waals surface area contributed by atoms with Crippen molar-refractivity contribution in [3.05, 3.63) is 61.8 Å². The third-order valence-electron chi connectivity index (χ3n) is 2.92. The van der Waals surface area contributed by atoms with E-state index in [1.54, 1.807) is 25.1 Å². The Balaban J connectivity index is 2.15. The monoisotopic (exact) mass is 415 g/mol. The molecule has 3 nitrogen and oxygen atoms in total. The first-order chi connectivity index (χ1) is 9.86. The highest BCUT2D eigenvalue weighted by Gasteiger charge is 2.14. The standard InChI is InChI=1S/C15H12Br2FNO2/c1-8-13(5-11(17)6-14(8)19)15(20)21-7-9-2-10(16)4-12(18)3-9/h2-6H,7,19H2,1H3. The lowest BCUT2D eigenvalue weighted by atomic mass is 10.1. The number of rotatable bonds is 3. The lowest BCUT2D eigenvalue weighted by Crippen LogP contribution is -2.09. The fraction of sp³-hybridized carbons (Fsp3) is 0.133. The van der Waals surface area contributed by atoms with E-state index >= 15 is 0 Å². The molecule has 2 aromatic rings. The van der Waals surface area contributed by atoms with Crippen molar-refractivity contribution in [2.45, 2.75) is 13.5 Å². The topological polar surface area (TPSA) is 52.3 Å². The summed E-state index contributed by atoms with van der Waals surface area (Å²) in [5.41, 5.74) is 7.93. The minimum Gasteiger partial charge on any atom is -0.457 e. The van der Waals surface area contributed by atoms with E-state index in [9.17, 15) is 9.18 Å². The van der Waals surface area contributed by atoms with Crippen molar-refractivity contribution in [3.63, 3.8) is 0 Å². The van der Waals surface area contributed by atoms with E-state index in [1.807, 2.05) is 0 Å². The van der Waals surface area contributed by atoms with Crippen LogP contribution in [0, 0.1) is 12.7 Å². The minimum absolute atomic E-state index is 0.0128. The third kappa shape index (κ3) is 4.04. The van der Waals surface area contributed by atoms with Gasteiger partial charge in [0.25, 0.3) is 0 Å². The summed E-state index contributed by atoms with van der Waals surface area (Å²) in [6.07, 6.45) is 0. The highest BCUT2D eigenvalue weighted by molar-refractivity contribution is 9.10. The van der Waals surface area contributed by atoms with Gasteiger partial charge in [-0.2, -0.15) is 0 Å². The number of anilines is 1. The first-order valence-corrected chi connectivity index (χ1v) is 7.63. The molecule has 0 saturated carbocycles. The largest absolute Gasteiger partial charge is 0.457 e. The summed E-state index contributed by atoms with van der Waals surface area (Å²) < 4.78 is 19.8. The van der Waals surface area contributed by atoms with Gasteiger partial charge in [0.15, 0.2) is 0 Å². The van der Waals surface area contributed by atoms with Gasteiger partial charge in [0, 0.05) is 14.6 Å². The van der Waals surface area contributed by atoms with Crippen LogP contribution in [0.15, 0.2) is 39.3 Å². The fourth-order valence-corrected chi connectivity index (χ4v) is 2.82. The minimum atomic E-state index is -0.499. The zero-order valence-corrected chi connectivity index (χ0v) is 14.3. The Kier molecular flexibility index (Phi) is 5.00. The van der Waals surface area contributed by atoms with Crippen molar-refractivity contribution in [2.24, 2.45) is 0 Å². The van der Waals surface area contributed by atoms with E-state index in [2.05, 4.69) is 31.9 Å². The van der Waals surface area contributed by atoms with Crippen molar-refractivity contribution >= 4 is 43.5 Å². The normalized spacial score (nSPS) is 10.5. The van der Waals surface area contributed by atoms with Crippen molar-refractivity contribution in [1.82, 2.24) is 0 Å². The number of ether oxygens (including phenoxy) is 1. The second kappa shape index (κ2) is 6.58. The Morgan fingerprint density at radius 3 is 2.52 bits per heavy atom. The van der Waals surface area contributed by atoms with Gasteiger partial charge in [-0.05, 0) is 48.4 Å². The molecule has 0 aromatic heterocycles. The molecular formula is C15H12Br2FNO2. The van der Waals surface area contributed by atoms with Crippen molar-refractivity contribution in [3.8, 4) is 0 Å². The summed E-state index contributed by atoms with van der Waals surface area (Å²) in [4.78, 5) is 12.1. The summed E-state index contributed by atoms with van der Waals surface area (Å²) in [5, 5.41) is 0. The number of hydrogen-bond acceptors (Lipinski definition) is 3. The van der Waals surface area contributed by atoms with Crippen LogP contribution < -0.4 is 5.73 Å². The maximum atomic E-state index is 13.3. The van der Waals surface area contributed by atoms with Crippen LogP contribution in [-0.4, -0.2) is 5.97 Å². The second-order valence-electron chi connectivity index (χ2n) is 4.52. The van der Waals surface area contributed by atoms with Crippen LogP contribution in [0.25, 0.3) is 0 Å². The average Bonchev–Trinajstić information content (AvgIpc) is 2.39. The lowest BCUT2D eigenvalue weighted by molar-refractivity contribution is 0.0471. The zero-order valence-electron chi connectivity index (χ0n) is 11.1. The number of carbonyl (C=O) groups is 1. The number of nitrogens with two attached hydrogens (primary N) is 1. The molecule has 0 heterocycles. The second-order valence-corrected chi connectivity index (χ2v) is 6.35. The maximum absolute atomic E-state index is 13.3. The molecule has 0 radical (unpaired) electrons. The van der Waals surface area contributed by atoms with Gasteiger partial charge in [-0.3, -0.25) is 0 Å². The molecule has 0 atom stereocenters. The highest BCUT2D eigenvalue weighted by Crippen LogP contribution is 2.24. The van der Waals surface area contributed by atoms with Crippen LogP contribution in [0.2, 0.25) is 0 Å². The highest BCUT2D eigenvalue weighted by atomic mass is 79.9. The van der Waals surface area contributed by atoms with Crippen molar-refractivity contribution in [1.29, 1.82) is 0 Å². The molecule has 0 aliphatic heterocycles. The van der Waals surface area contributed by atoms with Gasteiger partial charge >= 0.3 is 5.97 Å². The number of hydrogen-bond donors (Lipinski definition) is 1. The van der Waals surface area contributed by atoms with Crippen LogP contribution >= 0.6 is 31.9 Å². The van der Waals surface area contributed by atoms with E-state index in [0.717, 1.165) is 0 Å². The van der Waals surface area contributed by atoms with E-state index in [1.165, 1.54) is 12.1 Å². The molecule has 0 saturated heterocycles. The molecule has 0 aliphatic carbocycles. The summed E-state index contributed by atoms with van der Waals surface area (Å²) in [6.45, 7) is 1.73. The molecule has 2 aromatic carbocycles. The zero-order chi connectivity index (χ0) is 15.6. The quantitative estimate of drug-likeness (QED) is 0.587. The number of benzene rings is 2. The van der Waals surface area contributed by atoms with Crippen LogP contribution in [0.5, 0.6) is 0 Å². The van der Waals surface area contributed by atoms with Gasteiger partial charge in [-0.25, -0.2) is 9.18 Å². The molecule has 0 aliphatic rings. The Hall–Kier alpha value is -1.40. The summed E-state index contributed by atoms with van der Waals surface area (Å²) in [5.74, 6) is -0.890. The van der Waals surface area contributed by atoms with Crippen LogP contribution in [0.1, 0.15) is 21.5 Å². The summed E-state index contributed by atoms with van der Waals surface area (Å²) in [7, 11) is 0. The molecule has 0 spiro atoms. The number of nitrogen functional groups attached to an aromatic ring is 1. The maximum Gasteiger partial charge on any atom is 0.338 e. The van der Waals surface area contributed by atoms with Gasteiger partial charge in [0.1, 0.15) is 12.4 Å². The van der Waals surface area contributed by atoms with Crippen molar-refractivity contribution in [2.75, 3.05) is 5.73 Å². The summed E-state index contributed by atoms with van der Waals surface area (Å²) >= 11 is 6.48. The molecular weight excluding hydrogens is 405 g/mol. The molecule has 110 valence electrons. The molecule has 2 N–H and O–H groups in total. The molecule has 0 fully saturated rings. The molecule has 0 unspecified atom stereocenters. The Morgan fingerprint density at radius 2 is 1.86 bits per heavy atom. The average molecular weight is 417 g/mol. The Morgan fingerprint density at radius 1 is 1.19 bits per heavy atom. The van der Waals surface area contributed by atoms with E-state index < -0.39 is 11.8 Å². The van der Waals surface area contributed by atoms with E-state index in [-0.39, 0.29) is 6.61 Å². The molecule has 0 amide bonds. The summed E-state index contributed by atoms with van der Waals surface area (Å²) in [6, 6.07) is 7.72. The predicted octanol–water partition coefficient (Wildman–Crippen LogP) is 4.60. The van der Waals surface area contributed by atoms with Crippen LogP contribution in [-0.2, 0) is 11.3 Å². The van der Waals surface area contributed by atoms with Gasteiger partial charge in [0.2, 0.25) is 0 Å². The Bertz CT molecular complexity index is 684. The molecule has 6 heteroatoms. The third-order valence-corrected chi connectivity index (χ3v) is 3.84. The molecule has 2 rings (SSSR count). The van der Waals surface area contributed by atoms with Crippen LogP contribution in [0.3, 0.4) is 0 Å². The van der Waals surface area contributed by atoms with Gasteiger partial charge in [-0.1, -0.05) is 31.9 Å². The van der Waals surface area contributed by atoms with E-state index in [4.69, 9.17) is 10.5 Å². The lowest BCUT2D eigenvalue weighted by Gasteiger charge is -2.10. The predicted molar refractivity (Wildman–Crippen MR) is 86.5 cm³/mol. The first-order valence-electron chi connectivity index (χ1n) is 6.04. The van der Waals surface area contributed by atoms with Gasteiger partial charge < -0.3 is 10.5 Å². The number of halogens is 3. The van der Waals surface area contributed by atoms with Crippen molar-refractivity contribution < 1.29 is 13.9 Å². The SMILES string of the molecule is Cc1c(N)cc(Br)cc1C(=O)OCc1cc(F)cc(Br)c1. The van der Waals surface area contributed by atoms with Gasteiger partial charge in [0.05, 0.1) is 5.56 Å². The fourth-order valence-electron chi connectivity index (χ4n) is 1.83. The number of esters is 1. The molecule has 0 bridgehead atoms. The van der Waals surface area contributed by atoms with Crippen LogP contribution in [0.4, 0.5) is 10.1 Å². The number of carbonyl (C=O) groups excluding carboxylic acids is 1. The molecule has 21 heavy (non-hydrogen) atoms.